The summed E-state index contributed by atoms with van der Waals surface area (Å²) >= 11 is 0. The summed E-state index contributed by atoms with van der Waals surface area (Å²) in [7, 11) is 0. The molecule has 0 aliphatic heterocycles. The molecular weight excluding hydrogens is 174 g/mol. The standard InChI is InChI=1S/C12H21NO/c1-10(2)13-8-7-12(3,4)11-6-5-9-14-11/h5-6,9-10,13H,7-8H2,1-4H3. The SMILES string of the molecule is CC(C)NCCC(C)(C)c1ccco1. The average molecular weight is 195 g/mol. The third-order valence-electron chi connectivity index (χ3n) is 2.49. The molecule has 0 atom stereocenters. The summed E-state index contributed by atoms with van der Waals surface area (Å²) in [6, 6.07) is 4.56. The molecule has 2 nitrogen and oxygen atoms in total. The highest BCUT2D eigenvalue weighted by Crippen LogP contribution is 2.26. The van der Waals surface area contributed by atoms with Crippen molar-refractivity contribution in [1.29, 1.82) is 0 Å². The van der Waals surface area contributed by atoms with E-state index in [2.05, 4.69) is 39.1 Å². The van der Waals surface area contributed by atoms with Crippen molar-refractivity contribution in [3.05, 3.63) is 24.2 Å². The van der Waals surface area contributed by atoms with E-state index in [0.717, 1.165) is 18.7 Å². The molecule has 1 aromatic rings. The lowest BCUT2D eigenvalue weighted by Crippen LogP contribution is -2.29. The first-order chi connectivity index (χ1) is 6.52. The fourth-order valence-electron chi connectivity index (χ4n) is 1.46. The minimum Gasteiger partial charge on any atom is -0.469 e. The second kappa shape index (κ2) is 4.65. The van der Waals surface area contributed by atoms with Crippen molar-refractivity contribution in [2.45, 2.75) is 45.6 Å². The van der Waals surface area contributed by atoms with E-state index in [-0.39, 0.29) is 5.41 Å². The number of hydrogen-bond donors (Lipinski definition) is 1. The van der Waals surface area contributed by atoms with Crippen LogP contribution in [0.1, 0.15) is 39.9 Å². The van der Waals surface area contributed by atoms with Gasteiger partial charge in [0.05, 0.1) is 6.26 Å². The first-order valence-electron chi connectivity index (χ1n) is 5.30. The summed E-state index contributed by atoms with van der Waals surface area (Å²) in [5.74, 6) is 1.07. The van der Waals surface area contributed by atoms with Crippen LogP contribution in [-0.4, -0.2) is 12.6 Å². The van der Waals surface area contributed by atoms with Crippen molar-refractivity contribution < 1.29 is 4.42 Å². The molecule has 2 heteroatoms. The minimum atomic E-state index is 0.130. The molecule has 0 fully saturated rings. The molecule has 0 aromatic carbocycles. The van der Waals surface area contributed by atoms with Crippen LogP contribution in [-0.2, 0) is 5.41 Å². The van der Waals surface area contributed by atoms with Crippen LogP contribution in [0.3, 0.4) is 0 Å². The normalized spacial score (nSPS) is 12.4. The highest BCUT2D eigenvalue weighted by Gasteiger charge is 2.22. The maximum Gasteiger partial charge on any atom is 0.109 e. The molecule has 80 valence electrons. The molecule has 0 radical (unpaired) electrons. The Labute approximate surface area is 86.7 Å². The zero-order chi connectivity index (χ0) is 10.6. The molecule has 0 saturated heterocycles. The zero-order valence-electron chi connectivity index (χ0n) is 9.63. The van der Waals surface area contributed by atoms with E-state index in [1.54, 1.807) is 6.26 Å². The van der Waals surface area contributed by atoms with E-state index in [0.29, 0.717) is 6.04 Å². The number of furan rings is 1. The van der Waals surface area contributed by atoms with Crippen LogP contribution in [0.5, 0.6) is 0 Å². The third kappa shape index (κ3) is 3.18. The maximum atomic E-state index is 5.43. The maximum absolute atomic E-state index is 5.43. The third-order valence-corrected chi connectivity index (χ3v) is 2.49. The second-order valence-corrected chi connectivity index (χ2v) is 4.72. The average Bonchev–Trinajstić information content (AvgIpc) is 2.54. The predicted molar refractivity (Wildman–Crippen MR) is 59.5 cm³/mol. The van der Waals surface area contributed by atoms with E-state index in [9.17, 15) is 0 Å². The molecule has 0 aliphatic carbocycles. The van der Waals surface area contributed by atoms with Crippen LogP contribution in [0, 0.1) is 0 Å². The Bertz CT molecular complexity index is 249. The summed E-state index contributed by atoms with van der Waals surface area (Å²) in [6.07, 6.45) is 2.84. The first-order valence-corrected chi connectivity index (χ1v) is 5.30. The van der Waals surface area contributed by atoms with Gasteiger partial charge < -0.3 is 9.73 Å². The molecule has 0 aliphatic rings. The van der Waals surface area contributed by atoms with E-state index < -0.39 is 0 Å². The van der Waals surface area contributed by atoms with Crippen molar-refractivity contribution in [2.24, 2.45) is 0 Å². The van der Waals surface area contributed by atoms with Crippen molar-refractivity contribution in [2.75, 3.05) is 6.54 Å². The molecule has 0 spiro atoms. The van der Waals surface area contributed by atoms with Crippen LogP contribution in [0.4, 0.5) is 0 Å². The van der Waals surface area contributed by atoms with E-state index in [4.69, 9.17) is 4.42 Å². The molecular formula is C12H21NO. The minimum absolute atomic E-state index is 0.130. The number of rotatable bonds is 5. The summed E-state index contributed by atoms with van der Waals surface area (Å²) in [4.78, 5) is 0. The Balaban J connectivity index is 2.42. The Morgan fingerprint density at radius 1 is 1.43 bits per heavy atom. The smallest absolute Gasteiger partial charge is 0.109 e. The molecule has 1 N–H and O–H groups in total. The summed E-state index contributed by atoms with van der Waals surface area (Å²) in [5, 5.41) is 3.42. The number of hydrogen-bond acceptors (Lipinski definition) is 2. The molecule has 1 heterocycles. The Kier molecular flexibility index (Phi) is 3.76. The summed E-state index contributed by atoms with van der Waals surface area (Å²) < 4.78 is 5.43. The Hall–Kier alpha value is -0.760. The van der Waals surface area contributed by atoms with E-state index >= 15 is 0 Å². The second-order valence-electron chi connectivity index (χ2n) is 4.72. The van der Waals surface area contributed by atoms with Gasteiger partial charge in [-0.25, -0.2) is 0 Å². The van der Waals surface area contributed by atoms with E-state index in [1.165, 1.54) is 0 Å². The molecule has 0 unspecified atom stereocenters. The molecule has 14 heavy (non-hydrogen) atoms. The summed E-state index contributed by atoms with van der Waals surface area (Å²) in [5.41, 5.74) is 0.130. The van der Waals surface area contributed by atoms with Crippen molar-refractivity contribution in [3.63, 3.8) is 0 Å². The van der Waals surface area contributed by atoms with Gasteiger partial charge in [0, 0.05) is 11.5 Å². The predicted octanol–water partition coefficient (Wildman–Crippen LogP) is 2.95. The van der Waals surface area contributed by atoms with Crippen LogP contribution in [0.15, 0.2) is 22.8 Å². The van der Waals surface area contributed by atoms with Gasteiger partial charge in [-0.15, -0.1) is 0 Å². The van der Waals surface area contributed by atoms with Crippen molar-refractivity contribution >= 4 is 0 Å². The Morgan fingerprint density at radius 3 is 2.64 bits per heavy atom. The van der Waals surface area contributed by atoms with Crippen molar-refractivity contribution in [3.8, 4) is 0 Å². The lowest BCUT2D eigenvalue weighted by Gasteiger charge is -2.22. The molecule has 0 amide bonds. The van der Waals surface area contributed by atoms with Gasteiger partial charge in [0.25, 0.3) is 0 Å². The first kappa shape index (κ1) is 11.3. The van der Waals surface area contributed by atoms with E-state index in [1.807, 2.05) is 6.07 Å². The van der Waals surface area contributed by atoms with Gasteiger partial charge in [-0.3, -0.25) is 0 Å². The topological polar surface area (TPSA) is 25.2 Å². The highest BCUT2D eigenvalue weighted by atomic mass is 16.3. The highest BCUT2D eigenvalue weighted by molar-refractivity contribution is 5.10. The van der Waals surface area contributed by atoms with Gasteiger partial charge in [0.1, 0.15) is 5.76 Å². The van der Waals surface area contributed by atoms with Crippen LogP contribution in [0.25, 0.3) is 0 Å². The number of nitrogens with one attached hydrogen (secondary N) is 1. The lowest BCUT2D eigenvalue weighted by atomic mass is 9.86. The molecule has 0 saturated carbocycles. The molecule has 0 bridgehead atoms. The van der Waals surface area contributed by atoms with Gasteiger partial charge in [-0.05, 0) is 25.1 Å². The van der Waals surface area contributed by atoms with Crippen LogP contribution in [0.2, 0.25) is 0 Å². The van der Waals surface area contributed by atoms with Gasteiger partial charge in [0.15, 0.2) is 0 Å². The molecule has 1 rings (SSSR count). The zero-order valence-corrected chi connectivity index (χ0v) is 9.63. The monoisotopic (exact) mass is 195 g/mol. The lowest BCUT2D eigenvalue weighted by molar-refractivity contribution is 0.354. The summed E-state index contributed by atoms with van der Waals surface area (Å²) in [6.45, 7) is 9.80. The van der Waals surface area contributed by atoms with Gasteiger partial charge in [-0.2, -0.15) is 0 Å². The van der Waals surface area contributed by atoms with Crippen LogP contribution >= 0.6 is 0 Å². The fourth-order valence-corrected chi connectivity index (χ4v) is 1.46. The van der Waals surface area contributed by atoms with Crippen LogP contribution < -0.4 is 5.32 Å². The fraction of sp³-hybridized carbons (Fsp3) is 0.667. The van der Waals surface area contributed by atoms with Gasteiger partial charge in [0.2, 0.25) is 0 Å². The largest absolute Gasteiger partial charge is 0.469 e. The quantitative estimate of drug-likeness (QED) is 0.781. The Morgan fingerprint density at radius 2 is 2.14 bits per heavy atom. The van der Waals surface area contributed by atoms with Gasteiger partial charge in [-0.1, -0.05) is 27.7 Å². The van der Waals surface area contributed by atoms with Crippen molar-refractivity contribution in [1.82, 2.24) is 5.32 Å². The molecule has 1 aromatic heterocycles. The van der Waals surface area contributed by atoms with Gasteiger partial charge >= 0.3 is 0 Å².